The van der Waals surface area contributed by atoms with Crippen LogP contribution in [0.2, 0.25) is 0 Å². The highest BCUT2D eigenvalue weighted by molar-refractivity contribution is 7.10. The first kappa shape index (κ1) is 7.04. The van der Waals surface area contributed by atoms with E-state index in [2.05, 4.69) is 0 Å². The number of aryl methyl sites for hydroxylation is 1. The number of hydrogen-bond acceptors (Lipinski definition) is 2. The van der Waals surface area contributed by atoms with Crippen LogP contribution in [0.4, 0.5) is 0 Å². The van der Waals surface area contributed by atoms with Crippen molar-refractivity contribution in [3.8, 4) is 0 Å². The molecule has 1 aromatic rings. The highest BCUT2D eigenvalue weighted by atomic mass is 32.1. The van der Waals surface area contributed by atoms with Crippen LogP contribution in [0.15, 0.2) is 11.4 Å². The van der Waals surface area contributed by atoms with Crippen molar-refractivity contribution in [3.05, 3.63) is 21.9 Å². The van der Waals surface area contributed by atoms with E-state index in [0.29, 0.717) is 5.78 Å². The maximum absolute atomic E-state index is 11.5. The van der Waals surface area contributed by atoms with Crippen molar-refractivity contribution in [3.63, 3.8) is 0 Å². The average molecular weight is 166 g/mol. The highest BCUT2D eigenvalue weighted by Crippen LogP contribution is 2.28. The van der Waals surface area contributed by atoms with Crippen molar-refractivity contribution in [2.75, 3.05) is 0 Å². The molecule has 1 unspecified atom stereocenters. The van der Waals surface area contributed by atoms with Gasteiger partial charge in [0.25, 0.3) is 0 Å². The van der Waals surface area contributed by atoms with Gasteiger partial charge in [0.05, 0.1) is 0 Å². The van der Waals surface area contributed by atoms with E-state index in [9.17, 15) is 4.79 Å². The lowest BCUT2D eigenvalue weighted by atomic mass is 9.89. The summed E-state index contributed by atoms with van der Waals surface area (Å²) >= 11 is 1.71. The highest BCUT2D eigenvalue weighted by Gasteiger charge is 2.24. The van der Waals surface area contributed by atoms with Gasteiger partial charge in [-0.15, -0.1) is 11.3 Å². The standard InChI is InChI=1S/C9H10OS/c1-6-2-3-8-7(9(6)10)4-5-11-8/h4-6H,2-3H2,1H3. The van der Waals surface area contributed by atoms with Gasteiger partial charge in [0.15, 0.2) is 5.78 Å². The van der Waals surface area contributed by atoms with Crippen LogP contribution in [0, 0.1) is 5.92 Å². The van der Waals surface area contributed by atoms with Gasteiger partial charge in [-0.05, 0) is 24.3 Å². The van der Waals surface area contributed by atoms with Crippen LogP contribution in [0.1, 0.15) is 28.6 Å². The molecular weight excluding hydrogens is 156 g/mol. The molecule has 0 N–H and O–H groups in total. The third-order valence-corrected chi connectivity index (χ3v) is 3.24. The maximum atomic E-state index is 11.5. The predicted molar refractivity (Wildman–Crippen MR) is 46.1 cm³/mol. The molecule has 1 nitrogen and oxygen atoms in total. The van der Waals surface area contributed by atoms with E-state index in [0.717, 1.165) is 18.4 Å². The van der Waals surface area contributed by atoms with Crippen molar-refractivity contribution in [1.29, 1.82) is 0 Å². The molecule has 0 bridgehead atoms. The summed E-state index contributed by atoms with van der Waals surface area (Å²) in [6.45, 7) is 2.02. The molecule has 1 aliphatic rings. The largest absolute Gasteiger partial charge is 0.294 e. The predicted octanol–water partition coefficient (Wildman–Crippen LogP) is 2.51. The fraction of sp³-hybridized carbons (Fsp3) is 0.444. The number of hydrogen-bond donors (Lipinski definition) is 0. The number of Topliss-reactive ketones (excluding diaryl/α,β-unsaturated/α-hetero) is 1. The Kier molecular flexibility index (Phi) is 1.57. The Hall–Kier alpha value is -0.630. The minimum Gasteiger partial charge on any atom is -0.294 e. The fourth-order valence-electron chi connectivity index (χ4n) is 1.50. The third kappa shape index (κ3) is 1.02. The summed E-state index contributed by atoms with van der Waals surface area (Å²) in [6.07, 6.45) is 2.13. The summed E-state index contributed by atoms with van der Waals surface area (Å²) in [5.41, 5.74) is 0.980. The van der Waals surface area contributed by atoms with E-state index in [1.54, 1.807) is 11.3 Å². The van der Waals surface area contributed by atoms with Crippen LogP contribution in [-0.4, -0.2) is 5.78 Å². The van der Waals surface area contributed by atoms with E-state index >= 15 is 0 Å². The molecular formula is C9H10OS. The number of rotatable bonds is 0. The SMILES string of the molecule is CC1CCc2sccc2C1=O. The summed E-state index contributed by atoms with van der Waals surface area (Å²) in [6, 6.07) is 1.96. The van der Waals surface area contributed by atoms with Gasteiger partial charge in [-0.1, -0.05) is 6.92 Å². The number of thiophene rings is 1. The molecule has 58 valence electrons. The van der Waals surface area contributed by atoms with Crippen molar-refractivity contribution in [2.24, 2.45) is 5.92 Å². The Balaban J connectivity index is 2.46. The second kappa shape index (κ2) is 2.45. The second-order valence-electron chi connectivity index (χ2n) is 3.06. The zero-order valence-electron chi connectivity index (χ0n) is 6.46. The molecule has 2 heteroatoms. The van der Waals surface area contributed by atoms with Gasteiger partial charge >= 0.3 is 0 Å². The molecule has 0 radical (unpaired) electrons. The first-order valence-corrected chi connectivity index (χ1v) is 4.77. The molecule has 1 heterocycles. The lowest BCUT2D eigenvalue weighted by Crippen LogP contribution is -2.17. The van der Waals surface area contributed by atoms with E-state index in [-0.39, 0.29) is 5.92 Å². The molecule has 1 aromatic heterocycles. The van der Waals surface area contributed by atoms with E-state index in [1.807, 2.05) is 18.4 Å². The molecule has 0 aliphatic heterocycles. The van der Waals surface area contributed by atoms with Crippen LogP contribution < -0.4 is 0 Å². The zero-order chi connectivity index (χ0) is 7.84. The number of carbonyl (C=O) groups is 1. The Morgan fingerprint density at radius 1 is 1.64 bits per heavy atom. The minimum absolute atomic E-state index is 0.247. The quantitative estimate of drug-likeness (QED) is 0.578. The average Bonchev–Trinajstić information content (AvgIpc) is 2.45. The van der Waals surface area contributed by atoms with Crippen molar-refractivity contribution in [1.82, 2.24) is 0 Å². The number of carbonyl (C=O) groups excluding carboxylic acids is 1. The lowest BCUT2D eigenvalue weighted by Gasteiger charge is -2.15. The maximum Gasteiger partial charge on any atom is 0.166 e. The van der Waals surface area contributed by atoms with Crippen molar-refractivity contribution >= 4 is 17.1 Å². The zero-order valence-corrected chi connectivity index (χ0v) is 7.28. The summed E-state index contributed by atoms with van der Waals surface area (Å²) in [5.74, 6) is 0.588. The van der Waals surface area contributed by atoms with Crippen LogP contribution in [0.3, 0.4) is 0 Å². The number of ketones is 1. The third-order valence-electron chi connectivity index (χ3n) is 2.26. The molecule has 0 fully saturated rings. The Morgan fingerprint density at radius 2 is 2.45 bits per heavy atom. The second-order valence-corrected chi connectivity index (χ2v) is 4.06. The van der Waals surface area contributed by atoms with Gasteiger partial charge in [0, 0.05) is 16.4 Å². The van der Waals surface area contributed by atoms with Crippen LogP contribution in [-0.2, 0) is 6.42 Å². The molecule has 0 aromatic carbocycles. The lowest BCUT2D eigenvalue weighted by molar-refractivity contribution is 0.0915. The van der Waals surface area contributed by atoms with E-state index in [4.69, 9.17) is 0 Å². The number of fused-ring (bicyclic) bond motifs is 1. The first-order chi connectivity index (χ1) is 5.29. The summed E-state index contributed by atoms with van der Waals surface area (Å²) < 4.78 is 0. The van der Waals surface area contributed by atoms with Crippen LogP contribution in [0.25, 0.3) is 0 Å². The van der Waals surface area contributed by atoms with Crippen molar-refractivity contribution in [2.45, 2.75) is 19.8 Å². The molecule has 0 amide bonds. The summed E-state index contributed by atoms with van der Waals surface area (Å²) in [7, 11) is 0. The van der Waals surface area contributed by atoms with Crippen LogP contribution in [0.5, 0.6) is 0 Å². The van der Waals surface area contributed by atoms with Gasteiger partial charge in [0.2, 0.25) is 0 Å². The smallest absolute Gasteiger partial charge is 0.166 e. The fourth-order valence-corrected chi connectivity index (χ4v) is 2.40. The van der Waals surface area contributed by atoms with Gasteiger partial charge < -0.3 is 0 Å². The molecule has 0 spiro atoms. The molecule has 1 atom stereocenters. The van der Waals surface area contributed by atoms with Gasteiger partial charge in [0.1, 0.15) is 0 Å². The topological polar surface area (TPSA) is 17.1 Å². The minimum atomic E-state index is 0.247. The van der Waals surface area contributed by atoms with E-state index in [1.165, 1.54) is 4.88 Å². The molecule has 0 saturated heterocycles. The summed E-state index contributed by atoms with van der Waals surface area (Å²) in [5, 5.41) is 2.01. The normalized spacial score (nSPS) is 23.4. The van der Waals surface area contributed by atoms with Gasteiger partial charge in [-0.25, -0.2) is 0 Å². The Bertz CT molecular complexity index is 288. The molecule has 0 saturated carbocycles. The first-order valence-electron chi connectivity index (χ1n) is 3.89. The Labute approximate surface area is 70.1 Å². The molecule has 2 rings (SSSR count). The summed E-state index contributed by atoms with van der Waals surface area (Å²) in [4.78, 5) is 12.8. The van der Waals surface area contributed by atoms with E-state index < -0.39 is 0 Å². The Morgan fingerprint density at radius 3 is 3.27 bits per heavy atom. The van der Waals surface area contributed by atoms with Gasteiger partial charge in [-0.3, -0.25) is 4.79 Å². The molecule has 11 heavy (non-hydrogen) atoms. The van der Waals surface area contributed by atoms with Gasteiger partial charge in [-0.2, -0.15) is 0 Å². The van der Waals surface area contributed by atoms with Crippen molar-refractivity contribution < 1.29 is 4.79 Å². The van der Waals surface area contributed by atoms with Crippen LogP contribution >= 0.6 is 11.3 Å². The monoisotopic (exact) mass is 166 g/mol. The molecule has 1 aliphatic carbocycles.